The number of pyridine rings is 1. The van der Waals surface area contributed by atoms with E-state index in [9.17, 15) is 4.79 Å². The number of nitrogens with zero attached hydrogens (tertiary/aromatic N) is 2. The van der Waals surface area contributed by atoms with Gasteiger partial charge in [-0.15, -0.1) is 0 Å². The Balaban J connectivity index is 2.04. The van der Waals surface area contributed by atoms with Crippen molar-refractivity contribution < 1.29 is 4.79 Å². The molecule has 0 fully saturated rings. The molecule has 1 N–H and O–H groups in total. The van der Waals surface area contributed by atoms with Crippen molar-refractivity contribution in [2.75, 3.05) is 5.32 Å². The molecule has 112 valence electrons. The Bertz CT molecular complexity index is 866. The fourth-order valence-corrected chi connectivity index (χ4v) is 2.82. The fourth-order valence-electron chi connectivity index (χ4n) is 2.33. The highest BCUT2D eigenvalue weighted by Crippen LogP contribution is 2.30. The second-order valence-electron chi connectivity index (χ2n) is 5.03. The van der Waals surface area contributed by atoms with Crippen LogP contribution in [-0.4, -0.2) is 15.3 Å². The number of rotatable bonds is 2. The van der Waals surface area contributed by atoms with Gasteiger partial charge in [0.05, 0.1) is 21.4 Å². The van der Waals surface area contributed by atoms with Crippen molar-refractivity contribution in [3.63, 3.8) is 0 Å². The zero-order valence-electron chi connectivity index (χ0n) is 12.0. The summed E-state index contributed by atoms with van der Waals surface area (Å²) >= 11 is 12.2. The number of anilines is 1. The van der Waals surface area contributed by atoms with Gasteiger partial charge in [-0.2, -0.15) is 0 Å². The zero-order valence-corrected chi connectivity index (χ0v) is 13.5. The second-order valence-corrected chi connectivity index (χ2v) is 5.84. The van der Waals surface area contributed by atoms with Crippen LogP contribution in [0.2, 0.25) is 10.0 Å². The molecule has 0 atom stereocenters. The van der Waals surface area contributed by atoms with Crippen molar-refractivity contribution in [3.8, 4) is 0 Å². The maximum atomic E-state index is 12.6. The molecule has 0 aliphatic heterocycles. The Kier molecular flexibility index (Phi) is 3.81. The van der Waals surface area contributed by atoms with Crippen LogP contribution in [0.3, 0.4) is 0 Å². The van der Waals surface area contributed by atoms with Crippen LogP contribution >= 0.6 is 23.2 Å². The normalized spacial score (nSPS) is 10.9. The molecule has 0 aliphatic rings. The van der Waals surface area contributed by atoms with Crippen molar-refractivity contribution in [1.29, 1.82) is 0 Å². The average molecular weight is 334 g/mol. The number of benzene rings is 1. The van der Waals surface area contributed by atoms with E-state index in [-0.39, 0.29) is 5.91 Å². The molecule has 4 nitrogen and oxygen atoms in total. The van der Waals surface area contributed by atoms with E-state index in [2.05, 4.69) is 10.3 Å². The number of carbonyl (C=O) groups is 1. The van der Waals surface area contributed by atoms with Gasteiger partial charge in [-0.1, -0.05) is 29.3 Å². The van der Waals surface area contributed by atoms with Gasteiger partial charge in [-0.3, -0.25) is 9.20 Å². The van der Waals surface area contributed by atoms with Crippen LogP contribution < -0.4 is 5.32 Å². The van der Waals surface area contributed by atoms with E-state index in [1.54, 1.807) is 29.5 Å². The lowest BCUT2D eigenvalue weighted by Crippen LogP contribution is -2.16. The molecule has 0 aliphatic carbocycles. The number of fused-ring (bicyclic) bond motifs is 1. The van der Waals surface area contributed by atoms with Gasteiger partial charge in [0.15, 0.2) is 0 Å². The van der Waals surface area contributed by atoms with Crippen LogP contribution in [0.25, 0.3) is 5.65 Å². The Hall–Kier alpha value is -2.04. The number of imidazole rings is 1. The summed E-state index contributed by atoms with van der Waals surface area (Å²) < 4.78 is 1.75. The van der Waals surface area contributed by atoms with Crippen molar-refractivity contribution in [1.82, 2.24) is 9.38 Å². The molecule has 0 bridgehead atoms. The van der Waals surface area contributed by atoms with Crippen LogP contribution in [-0.2, 0) is 0 Å². The first-order chi connectivity index (χ1) is 10.5. The average Bonchev–Trinajstić information content (AvgIpc) is 2.78. The molecule has 0 saturated carbocycles. The summed E-state index contributed by atoms with van der Waals surface area (Å²) in [5.41, 5.74) is 3.32. The maximum Gasteiger partial charge on any atom is 0.274 e. The largest absolute Gasteiger partial charge is 0.318 e. The molecule has 0 radical (unpaired) electrons. The SMILES string of the molecule is Cc1ccn2c(C(=O)Nc3c(Cl)cccc3Cl)c(C)nc2c1. The van der Waals surface area contributed by atoms with E-state index in [0.29, 0.717) is 27.1 Å². The smallest absolute Gasteiger partial charge is 0.274 e. The number of halogens is 2. The highest BCUT2D eigenvalue weighted by molar-refractivity contribution is 6.40. The van der Waals surface area contributed by atoms with Gasteiger partial charge in [0.2, 0.25) is 0 Å². The molecule has 0 spiro atoms. The quantitative estimate of drug-likeness (QED) is 0.749. The molecule has 6 heteroatoms. The zero-order chi connectivity index (χ0) is 15.9. The van der Waals surface area contributed by atoms with Gasteiger partial charge in [0.25, 0.3) is 5.91 Å². The van der Waals surface area contributed by atoms with Crippen LogP contribution in [0, 0.1) is 13.8 Å². The monoisotopic (exact) mass is 333 g/mol. The highest BCUT2D eigenvalue weighted by Gasteiger charge is 2.18. The van der Waals surface area contributed by atoms with Crippen LogP contribution in [0.1, 0.15) is 21.7 Å². The Morgan fingerprint density at radius 2 is 1.86 bits per heavy atom. The lowest BCUT2D eigenvalue weighted by atomic mass is 10.2. The van der Waals surface area contributed by atoms with Gasteiger partial charge < -0.3 is 5.32 Å². The summed E-state index contributed by atoms with van der Waals surface area (Å²) in [7, 11) is 0. The topological polar surface area (TPSA) is 46.4 Å². The molecule has 1 amide bonds. The number of aromatic nitrogens is 2. The predicted octanol–water partition coefficient (Wildman–Crippen LogP) is 4.51. The molecule has 22 heavy (non-hydrogen) atoms. The molecular formula is C16H13Cl2N3O. The Morgan fingerprint density at radius 3 is 2.55 bits per heavy atom. The summed E-state index contributed by atoms with van der Waals surface area (Å²) in [6, 6.07) is 8.92. The van der Waals surface area contributed by atoms with Gasteiger partial charge in [0, 0.05) is 6.20 Å². The summed E-state index contributed by atoms with van der Waals surface area (Å²) in [5, 5.41) is 3.55. The standard InChI is InChI=1S/C16H13Cl2N3O/c1-9-6-7-21-13(8-9)19-10(2)15(21)16(22)20-14-11(17)4-3-5-12(14)18/h3-8H,1-2H3,(H,20,22). The Labute approximate surface area is 137 Å². The Morgan fingerprint density at radius 1 is 1.18 bits per heavy atom. The number of hydrogen-bond donors (Lipinski definition) is 1. The van der Waals surface area contributed by atoms with Crippen LogP contribution in [0.5, 0.6) is 0 Å². The second kappa shape index (κ2) is 5.63. The minimum absolute atomic E-state index is 0.302. The van der Waals surface area contributed by atoms with E-state index in [1.165, 1.54) is 0 Å². The number of carbonyl (C=O) groups excluding carboxylic acids is 1. The molecule has 0 unspecified atom stereocenters. The first kappa shape index (κ1) is 14.9. The van der Waals surface area contributed by atoms with Gasteiger partial charge in [-0.25, -0.2) is 4.98 Å². The van der Waals surface area contributed by atoms with E-state index in [4.69, 9.17) is 23.2 Å². The van der Waals surface area contributed by atoms with Crippen molar-refractivity contribution in [3.05, 3.63) is 63.5 Å². The molecule has 3 aromatic rings. The lowest BCUT2D eigenvalue weighted by Gasteiger charge is -2.09. The minimum Gasteiger partial charge on any atom is -0.318 e. The number of amides is 1. The number of nitrogens with one attached hydrogen (secondary N) is 1. The van der Waals surface area contributed by atoms with Gasteiger partial charge >= 0.3 is 0 Å². The first-order valence-corrected chi connectivity index (χ1v) is 7.43. The third kappa shape index (κ3) is 2.56. The first-order valence-electron chi connectivity index (χ1n) is 6.68. The molecule has 3 rings (SSSR count). The van der Waals surface area contributed by atoms with Crippen molar-refractivity contribution in [2.45, 2.75) is 13.8 Å². The molecule has 2 aromatic heterocycles. The highest BCUT2D eigenvalue weighted by atomic mass is 35.5. The number of aryl methyl sites for hydroxylation is 2. The lowest BCUT2D eigenvalue weighted by molar-refractivity contribution is 0.102. The van der Waals surface area contributed by atoms with E-state index < -0.39 is 0 Å². The third-order valence-corrected chi connectivity index (χ3v) is 4.00. The van der Waals surface area contributed by atoms with Gasteiger partial charge in [0.1, 0.15) is 11.3 Å². The van der Waals surface area contributed by atoms with E-state index >= 15 is 0 Å². The van der Waals surface area contributed by atoms with E-state index in [0.717, 1.165) is 11.2 Å². The van der Waals surface area contributed by atoms with Crippen LogP contribution in [0.15, 0.2) is 36.5 Å². The molecule has 2 heterocycles. The number of hydrogen-bond acceptors (Lipinski definition) is 2. The van der Waals surface area contributed by atoms with Crippen molar-refractivity contribution >= 4 is 40.4 Å². The maximum absolute atomic E-state index is 12.6. The molecule has 0 saturated heterocycles. The molecule has 1 aromatic carbocycles. The molecular weight excluding hydrogens is 321 g/mol. The van der Waals surface area contributed by atoms with Crippen LogP contribution in [0.4, 0.5) is 5.69 Å². The van der Waals surface area contributed by atoms with Gasteiger partial charge in [-0.05, 0) is 43.7 Å². The third-order valence-electron chi connectivity index (χ3n) is 3.37. The predicted molar refractivity (Wildman–Crippen MR) is 89.1 cm³/mol. The summed E-state index contributed by atoms with van der Waals surface area (Å²) in [6.45, 7) is 3.78. The minimum atomic E-state index is -0.302. The summed E-state index contributed by atoms with van der Waals surface area (Å²) in [4.78, 5) is 17.0. The number of para-hydroxylation sites is 1. The summed E-state index contributed by atoms with van der Waals surface area (Å²) in [6.07, 6.45) is 1.83. The summed E-state index contributed by atoms with van der Waals surface area (Å²) in [5.74, 6) is -0.302. The van der Waals surface area contributed by atoms with E-state index in [1.807, 2.05) is 25.3 Å². The fraction of sp³-hybridized carbons (Fsp3) is 0.125. The van der Waals surface area contributed by atoms with Crippen molar-refractivity contribution in [2.24, 2.45) is 0 Å².